The van der Waals surface area contributed by atoms with E-state index < -0.39 is 0 Å². The SMILES string of the molecule is COC(=O)c1ccc(-c2nc3ccccc3n2CCCCCC(=O)NC(C)C)cc1. The van der Waals surface area contributed by atoms with Crippen molar-refractivity contribution in [3.8, 4) is 11.4 Å². The Morgan fingerprint density at radius 3 is 2.47 bits per heavy atom. The van der Waals surface area contributed by atoms with Gasteiger partial charge in [-0.2, -0.15) is 0 Å². The summed E-state index contributed by atoms with van der Waals surface area (Å²) >= 11 is 0. The number of unbranched alkanes of at least 4 members (excludes halogenated alkanes) is 2. The Labute approximate surface area is 177 Å². The van der Waals surface area contributed by atoms with Gasteiger partial charge >= 0.3 is 5.97 Å². The van der Waals surface area contributed by atoms with Gasteiger partial charge in [-0.1, -0.05) is 30.7 Å². The molecule has 0 aliphatic heterocycles. The molecule has 1 N–H and O–H groups in total. The topological polar surface area (TPSA) is 73.2 Å². The zero-order chi connectivity index (χ0) is 21.5. The third kappa shape index (κ3) is 5.26. The molecule has 0 radical (unpaired) electrons. The molecule has 3 aromatic rings. The van der Waals surface area contributed by atoms with Crippen molar-refractivity contribution in [2.24, 2.45) is 0 Å². The van der Waals surface area contributed by atoms with Crippen LogP contribution in [0.15, 0.2) is 48.5 Å². The predicted molar refractivity (Wildman–Crippen MR) is 118 cm³/mol. The minimum Gasteiger partial charge on any atom is -0.465 e. The molecule has 0 aliphatic rings. The summed E-state index contributed by atoms with van der Waals surface area (Å²) in [6.07, 6.45) is 3.36. The molecule has 0 aliphatic carbocycles. The zero-order valence-electron chi connectivity index (χ0n) is 17.9. The molecule has 2 aromatic carbocycles. The van der Waals surface area contributed by atoms with E-state index in [4.69, 9.17) is 9.72 Å². The van der Waals surface area contributed by atoms with E-state index in [0.717, 1.165) is 48.2 Å². The van der Waals surface area contributed by atoms with Crippen molar-refractivity contribution in [1.29, 1.82) is 0 Å². The molecular weight excluding hydrogens is 378 g/mol. The van der Waals surface area contributed by atoms with Gasteiger partial charge in [0.2, 0.25) is 5.91 Å². The second-order valence-corrected chi connectivity index (χ2v) is 7.68. The number of ether oxygens (including phenoxy) is 1. The van der Waals surface area contributed by atoms with Gasteiger partial charge < -0.3 is 14.6 Å². The van der Waals surface area contributed by atoms with Gasteiger partial charge in [0.15, 0.2) is 0 Å². The number of hydrogen-bond acceptors (Lipinski definition) is 4. The largest absolute Gasteiger partial charge is 0.465 e. The summed E-state index contributed by atoms with van der Waals surface area (Å²) in [4.78, 5) is 28.3. The molecule has 1 amide bonds. The summed E-state index contributed by atoms with van der Waals surface area (Å²) in [6, 6.07) is 15.6. The highest BCUT2D eigenvalue weighted by atomic mass is 16.5. The van der Waals surface area contributed by atoms with Crippen molar-refractivity contribution in [3.63, 3.8) is 0 Å². The van der Waals surface area contributed by atoms with Gasteiger partial charge in [0.05, 0.1) is 23.7 Å². The first-order valence-electron chi connectivity index (χ1n) is 10.4. The number of benzene rings is 2. The molecule has 3 rings (SSSR count). The first-order valence-corrected chi connectivity index (χ1v) is 10.4. The monoisotopic (exact) mass is 407 g/mol. The van der Waals surface area contributed by atoms with Crippen LogP contribution >= 0.6 is 0 Å². The average molecular weight is 408 g/mol. The van der Waals surface area contributed by atoms with Crippen LogP contribution in [0, 0.1) is 0 Å². The highest BCUT2D eigenvalue weighted by Gasteiger charge is 2.13. The predicted octanol–water partition coefficient (Wildman–Crippen LogP) is 4.57. The number of para-hydroxylation sites is 2. The Bertz CT molecular complexity index is 1010. The van der Waals surface area contributed by atoms with Crippen molar-refractivity contribution in [1.82, 2.24) is 14.9 Å². The van der Waals surface area contributed by atoms with Crippen LogP contribution in [0.5, 0.6) is 0 Å². The number of imidazole rings is 1. The van der Waals surface area contributed by atoms with Crippen LogP contribution in [0.4, 0.5) is 0 Å². The number of nitrogens with one attached hydrogen (secondary N) is 1. The first kappa shape index (κ1) is 21.6. The quantitative estimate of drug-likeness (QED) is 0.416. The van der Waals surface area contributed by atoms with Crippen LogP contribution in [0.25, 0.3) is 22.4 Å². The summed E-state index contributed by atoms with van der Waals surface area (Å²) in [5, 5.41) is 2.93. The fraction of sp³-hybridized carbons (Fsp3) is 0.375. The molecule has 0 fully saturated rings. The molecular formula is C24H29N3O3. The molecule has 0 bridgehead atoms. The Morgan fingerprint density at radius 1 is 1.03 bits per heavy atom. The number of carbonyl (C=O) groups is 2. The molecule has 1 aromatic heterocycles. The lowest BCUT2D eigenvalue weighted by Gasteiger charge is -2.11. The second kappa shape index (κ2) is 10.1. The minimum atomic E-state index is -0.350. The molecule has 0 saturated carbocycles. The van der Waals surface area contributed by atoms with Gasteiger partial charge in [0.1, 0.15) is 5.82 Å². The number of nitrogens with zero attached hydrogens (tertiary/aromatic N) is 2. The van der Waals surface area contributed by atoms with Crippen molar-refractivity contribution in [2.75, 3.05) is 7.11 Å². The number of rotatable bonds is 9. The van der Waals surface area contributed by atoms with Crippen LogP contribution in [-0.4, -0.2) is 34.6 Å². The van der Waals surface area contributed by atoms with Crippen LogP contribution in [0.3, 0.4) is 0 Å². The van der Waals surface area contributed by atoms with Gasteiger partial charge in [-0.05, 0) is 51.0 Å². The molecule has 158 valence electrons. The maximum Gasteiger partial charge on any atom is 0.337 e. The Hall–Kier alpha value is -3.15. The number of hydrogen-bond donors (Lipinski definition) is 1. The van der Waals surface area contributed by atoms with E-state index in [0.29, 0.717) is 12.0 Å². The van der Waals surface area contributed by atoms with Gasteiger partial charge in [0.25, 0.3) is 0 Å². The van der Waals surface area contributed by atoms with Gasteiger partial charge in [-0.25, -0.2) is 9.78 Å². The smallest absolute Gasteiger partial charge is 0.337 e. The van der Waals surface area contributed by atoms with E-state index >= 15 is 0 Å². The van der Waals surface area contributed by atoms with Crippen LogP contribution in [0.1, 0.15) is 49.9 Å². The van der Waals surface area contributed by atoms with E-state index in [1.165, 1.54) is 7.11 Å². The highest BCUT2D eigenvalue weighted by molar-refractivity contribution is 5.90. The Balaban J connectivity index is 1.72. The number of fused-ring (bicyclic) bond motifs is 1. The zero-order valence-corrected chi connectivity index (χ0v) is 17.9. The summed E-state index contributed by atoms with van der Waals surface area (Å²) in [5.41, 5.74) is 3.50. The molecule has 0 atom stereocenters. The summed E-state index contributed by atoms with van der Waals surface area (Å²) in [7, 11) is 1.38. The second-order valence-electron chi connectivity index (χ2n) is 7.68. The van der Waals surface area contributed by atoms with Crippen molar-refractivity contribution < 1.29 is 14.3 Å². The van der Waals surface area contributed by atoms with Crippen LogP contribution < -0.4 is 5.32 Å². The summed E-state index contributed by atoms with van der Waals surface area (Å²) in [5.74, 6) is 0.645. The normalized spacial score (nSPS) is 11.1. The van der Waals surface area contributed by atoms with E-state index in [9.17, 15) is 9.59 Å². The lowest BCUT2D eigenvalue weighted by Crippen LogP contribution is -2.29. The van der Waals surface area contributed by atoms with Gasteiger partial charge in [-0.3, -0.25) is 4.79 Å². The number of methoxy groups -OCH3 is 1. The number of aryl methyl sites for hydroxylation is 1. The Kier molecular flexibility index (Phi) is 7.22. The Morgan fingerprint density at radius 2 is 1.77 bits per heavy atom. The molecule has 0 unspecified atom stereocenters. The van der Waals surface area contributed by atoms with Crippen LogP contribution in [0.2, 0.25) is 0 Å². The fourth-order valence-electron chi connectivity index (χ4n) is 3.52. The molecule has 0 spiro atoms. The maximum atomic E-state index is 11.8. The third-order valence-electron chi connectivity index (χ3n) is 4.95. The lowest BCUT2D eigenvalue weighted by molar-refractivity contribution is -0.121. The maximum absolute atomic E-state index is 11.8. The molecule has 6 heteroatoms. The summed E-state index contributed by atoms with van der Waals surface area (Å²) in [6.45, 7) is 4.77. The number of carbonyl (C=O) groups excluding carboxylic acids is 2. The number of aromatic nitrogens is 2. The van der Waals surface area contributed by atoms with E-state index in [2.05, 4.69) is 16.0 Å². The molecule has 30 heavy (non-hydrogen) atoms. The van der Waals surface area contributed by atoms with Gasteiger partial charge in [0, 0.05) is 24.6 Å². The average Bonchev–Trinajstić information content (AvgIpc) is 3.11. The minimum absolute atomic E-state index is 0.115. The lowest BCUT2D eigenvalue weighted by atomic mass is 10.1. The molecule has 6 nitrogen and oxygen atoms in total. The van der Waals surface area contributed by atoms with Crippen molar-refractivity contribution in [3.05, 3.63) is 54.1 Å². The number of amides is 1. The van der Waals surface area contributed by atoms with E-state index in [1.54, 1.807) is 12.1 Å². The first-order chi connectivity index (χ1) is 14.5. The van der Waals surface area contributed by atoms with E-state index in [1.807, 2.05) is 44.2 Å². The standard InChI is InChI=1S/C24H29N3O3/c1-17(2)25-22(28)11-5-4-8-16-27-21-10-7-6-9-20(21)26-23(27)18-12-14-19(15-13-18)24(29)30-3/h6-7,9-10,12-15,17H,4-5,8,11,16H2,1-3H3,(H,25,28). The highest BCUT2D eigenvalue weighted by Crippen LogP contribution is 2.26. The van der Waals surface area contributed by atoms with Gasteiger partial charge in [-0.15, -0.1) is 0 Å². The van der Waals surface area contributed by atoms with Crippen molar-refractivity contribution in [2.45, 2.75) is 52.1 Å². The number of esters is 1. The molecule has 0 saturated heterocycles. The third-order valence-corrected chi connectivity index (χ3v) is 4.95. The fourth-order valence-corrected chi connectivity index (χ4v) is 3.52. The van der Waals surface area contributed by atoms with Crippen LogP contribution in [-0.2, 0) is 16.1 Å². The molecule has 1 heterocycles. The summed E-state index contributed by atoms with van der Waals surface area (Å²) < 4.78 is 7.00. The van der Waals surface area contributed by atoms with Crippen molar-refractivity contribution >= 4 is 22.9 Å². The van der Waals surface area contributed by atoms with E-state index in [-0.39, 0.29) is 17.9 Å².